The molecule has 0 radical (unpaired) electrons. The number of hydrogen-bond acceptors (Lipinski definition) is 4. The van der Waals surface area contributed by atoms with E-state index in [0.29, 0.717) is 11.3 Å². The molecule has 0 aliphatic rings. The van der Waals surface area contributed by atoms with Gasteiger partial charge >= 0.3 is 0 Å². The van der Waals surface area contributed by atoms with E-state index in [9.17, 15) is 9.18 Å². The molecule has 6 heteroatoms. The summed E-state index contributed by atoms with van der Waals surface area (Å²) in [6.45, 7) is 3.62. The summed E-state index contributed by atoms with van der Waals surface area (Å²) >= 11 is 0. The molecule has 0 spiro atoms. The van der Waals surface area contributed by atoms with Crippen molar-refractivity contribution in [1.29, 1.82) is 0 Å². The standard InChI is InChI=1S/C15H17FN2O3/c1-9(8-19)10(2)17-15(20)13-7-14(21-18-13)11-3-5-12(16)6-4-11/h3-7,9-10,19H,8H2,1-2H3,(H,17,20). The molecule has 0 saturated heterocycles. The molecular weight excluding hydrogens is 275 g/mol. The van der Waals surface area contributed by atoms with Crippen LogP contribution in [-0.4, -0.2) is 28.8 Å². The third-order valence-electron chi connectivity index (χ3n) is 3.37. The summed E-state index contributed by atoms with van der Waals surface area (Å²) in [4.78, 5) is 12.0. The number of benzene rings is 1. The fourth-order valence-electron chi connectivity index (χ4n) is 1.71. The van der Waals surface area contributed by atoms with Gasteiger partial charge in [0, 0.05) is 24.3 Å². The van der Waals surface area contributed by atoms with Gasteiger partial charge in [-0.1, -0.05) is 12.1 Å². The second-order valence-corrected chi connectivity index (χ2v) is 5.01. The maximum atomic E-state index is 12.9. The zero-order chi connectivity index (χ0) is 15.4. The Balaban J connectivity index is 2.09. The molecule has 2 aromatic rings. The summed E-state index contributed by atoms with van der Waals surface area (Å²) < 4.78 is 18.0. The number of nitrogens with one attached hydrogen (secondary N) is 1. The second kappa shape index (κ2) is 6.49. The normalized spacial score (nSPS) is 13.7. The van der Waals surface area contributed by atoms with Crippen LogP contribution < -0.4 is 5.32 Å². The van der Waals surface area contributed by atoms with E-state index in [2.05, 4.69) is 10.5 Å². The van der Waals surface area contributed by atoms with Crippen molar-refractivity contribution in [3.05, 3.63) is 41.8 Å². The minimum absolute atomic E-state index is 0.0128. The van der Waals surface area contributed by atoms with Gasteiger partial charge in [-0.05, 0) is 37.1 Å². The number of hydrogen-bond donors (Lipinski definition) is 2. The number of nitrogens with zero attached hydrogens (tertiary/aromatic N) is 1. The molecule has 0 aliphatic heterocycles. The van der Waals surface area contributed by atoms with E-state index in [1.807, 2.05) is 6.92 Å². The second-order valence-electron chi connectivity index (χ2n) is 5.01. The molecule has 0 fully saturated rings. The highest BCUT2D eigenvalue weighted by Crippen LogP contribution is 2.20. The molecule has 2 atom stereocenters. The molecule has 0 saturated carbocycles. The Morgan fingerprint density at radius 3 is 2.67 bits per heavy atom. The predicted molar refractivity (Wildman–Crippen MR) is 75.1 cm³/mol. The number of aliphatic hydroxyl groups excluding tert-OH is 1. The van der Waals surface area contributed by atoms with E-state index in [-0.39, 0.29) is 36.0 Å². The Morgan fingerprint density at radius 1 is 1.38 bits per heavy atom. The maximum absolute atomic E-state index is 12.9. The highest BCUT2D eigenvalue weighted by Gasteiger charge is 2.18. The van der Waals surface area contributed by atoms with Crippen LogP contribution in [0.3, 0.4) is 0 Å². The predicted octanol–water partition coefficient (Wildman–Crippen LogP) is 2.23. The molecule has 2 rings (SSSR count). The van der Waals surface area contributed by atoms with Crippen molar-refractivity contribution in [2.24, 2.45) is 5.92 Å². The van der Waals surface area contributed by atoms with Crippen LogP contribution in [0.25, 0.3) is 11.3 Å². The summed E-state index contributed by atoms with van der Waals surface area (Å²) in [6.07, 6.45) is 0. The molecule has 0 bridgehead atoms. The number of aliphatic hydroxyl groups is 1. The van der Waals surface area contributed by atoms with E-state index >= 15 is 0 Å². The number of amides is 1. The lowest BCUT2D eigenvalue weighted by molar-refractivity contribution is 0.0907. The van der Waals surface area contributed by atoms with Crippen LogP contribution in [0.1, 0.15) is 24.3 Å². The van der Waals surface area contributed by atoms with Crippen molar-refractivity contribution in [2.45, 2.75) is 19.9 Å². The lowest BCUT2D eigenvalue weighted by Gasteiger charge is -2.18. The number of carbonyl (C=O) groups is 1. The van der Waals surface area contributed by atoms with E-state index in [1.165, 1.54) is 18.2 Å². The van der Waals surface area contributed by atoms with Gasteiger partial charge < -0.3 is 14.9 Å². The maximum Gasteiger partial charge on any atom is 0.273 e. The minimum atomic E-state index is -0.375. The van der Waals surface area contributed by atoms with Gasteiger partial charge in [0.25, 0.3) is 5.91 Å². The van der Waals surface area contributed by atoms with Crippen molar-refractivity contribution in [3.8, 4) is 11.3 Å². The smallest absolute Gasteiger partial charge is 0.273 e. The van der Waals surface area contributed by atoms with Crippen molar-refractivity contribution >= 4 is 5.91 Å². The van der Waals surface area contributed by atoms with Crippen molar-refractivity contribution in [1.82, 2.24) is 10.5 Å². The fraction of sp³-hybridized carbons (Fsp3) is 0.333. The molecule has 2 N–H and O–H groups in total. The van der Waals surface area contributed by atoms with Crippen LogP contribution in [0.15, 0.2) is 34.9 Å². The third kappa shape index (κ3) is 3.66. The molecular formula is C15H17FN2O3. The molecule has 21 heavy (non-hydrogen) atoms. The number of carbonyl (C=O) groups excluding carboxylic acids is 1. The summed E-state index contributed by atoms with van der Waals surface area (Å²) in [7, 11) is 0. The van der Waals surface area contributed by atoms with Crippen LogP contribution >= 0.6 is 0 Å². The van der Waals surface area contributed by atoms with E-state index in [1.54, 1.807) is 19.1 Å². The largest absolute Gasteiger partial charge is 0.396 e. The zero-order valence-electron chi connectivity index (χ0n) is 11.8. The number of aromatic nitrogens is 1. The van der Waals surface area contributed by atoms with E-state index < -0.39 is 0 Å². The minimum Gasteiger partial charge on any atom is -0.396 e. The summed E-state index contributed by atoms with van der Waals surface area (Å²) in [6, 6.07) is 7.03. The summed E-state index contributed by atoms with van der Waals surface area (Å²) in [5.74, 6) is -0.386. The lowest BCUT2D eigenvalue weighted by Crippen LogP contribution is -2.38. The Kier molecular flexibility index (Phi) is 4.70. The van der Waals surface area contributed by atoms with Gasteiger partial charge in [0.05, 0.1) is 0 Å². The Morgan fingerprint density at radius 2 is 2.05 bits per heavy atom. The van der Waals surface area contributed by atoms with Gasteiger partial charge in [0.2, 0.25) is 0 Å². The fourth-order valence-corrected chi connectivity index (χ4v) is 1.71. The van der Waals surface area contributed by atoms with Gasteiger partial charge in [-0.25, -0.2) is 4.39 Å². The van der Waals surface area contributed by atoms with Gasteiger partial charge in [-0.2, -0.15) is 0 Å². The molecule has 5 nitrogen and oxygen atoms in total. The first-order valence-electron chi connectivity index (χ1n) is 6.65. The zero-order valence-corrected chi connectivity index (χ0v) is 11.8. The third-order valence-corrected chi connectivity index (χ3v) is 3.37. The van der Waals surface area contributed by atoms with E-state index in [0.717, 1.165) is 0 Å². The summed E-state index contributed by atoms with van der Waals surface area (Å²) in [5.41, 5.74) is 0.783. The SMILES string of the molecule is CC(CO)C(C)NC(=O)c1cc(-c2ccc(F)cc2)on1. The molecule has 2 unspecified atom stereocenters. The quantitative estimate of drug-likeness (QED) is 0.886. The average molecular weight is 292 g/mol. The monoisotopic (exact) mass is 292 g/mol. The molecule has 1 aromatic carbocycles. The van der Waals surface area contributed by atoms with Crippen molar-refractivity contribution < 1.29 is 18.8 Å². The average Bonchev–Trinajstić information content (AvgIpc) is 2.97. The molecule has 0 aliphatic carbocycles. The van der Waals surface area contributed by atoms with Gasteiger partial charge in [-0.15, -0.1) is 0 Å². The first-order chi connectivity index (χ1) is 10.0. The Hall–Kier alpha value is -2.21. The van der Waals surface area contributed by atoms with Crippen LogP contribution in [0.2, 0.25) is 0 Å². The van der Waals surface area contributed by atoms with Gasteiger partial charge in [-0.3, -0.25) is 4.79 Å². The van der Waals surface area contributed by atoms with Crippen molar-refractivity contribution in [3.63, 3.8) is 0 Å². The molecule has 112 valence electrons. The number of halogens is 1. The van der Waals surface area contributed by atoms with Crippen LogP contribution in [0.4, 0.5) is 4.39 Å². The summed E-state index contributed by atoms with van der Waals surface area (Å²) in [5, 5.41) is 15.5. The highest BCUT2D eigenvalue weighted by molar-refractivity contribution is 5.93. The van der Waals surface area contributed by atoms with Crippen LogP contribution in [0, 0.1) is 11.7 Å². The van der Waals surface area contributed by atoms with E-state index in [4.69, 9.17) is 9.63 Å². The molecule has 1 amide bonds. The first kappa shape index (κ1) is 15.2. The Bertz CT molecular complexity index is 610. The Labute approximate surface area is 121 Å². The highest BCUT2D eigenvalue weighted by atomic mass is 19.1. The van der Waals surface area contributed by atoms with Crippen molar-refractivity contribution in [2.75, 3.05) is 6.61 Å². The first-order valence-corrected chi connectivity index (χ1v) is 6.65. The lowest BCUT2D eigenvalue weighted by atomic mass is 10.1. The molecule has 1 aromatic heterocycles. The van der Waals surface area contributed by atoms with Crippen LogP contribution in [-0.2, 0) is 0 Å². The molecule has 1 heterocycles. The van der Waals surface area contributed by atoms with Crippen LogP contribution in [0.5, 0.6) is 0 Å². The van der Waals surface area contributed by atoms with Gasteiger partial charge in [0.15, 0.2) is 11.5 Å². The number of rotatable bonds is 5. The van der Waals surface area contributed by atoms with Gasteiger partial charge in [0.1, 0.15) is 5.82 Å². The topological polar surface area (TPSA) is 75.4 Å².